The van der Waals surface area contributed by atoms with Crippen molar-refractivity contribution in [3.8, 4) is 0 Å². The van der Waals surface area contributed by atoms with Gasteiger partial charge < -0.3 is 39.2 Å². The lowest BCUT2D eigenvalue weighted by atomic mass is 9.62. The third-order valence-corrected chi connectivity index (χ3v) is 10.5. The number of esters is 2. The van der Waals surface area contributed by atoms with Crippen LogP contribution in [0.25, 0.3) is 6.08 Å². The highest BCUT2D eigenvalue weighted by Gasteiger charge is 2.78. The molecule has 0 spiro atoms. The molecule has 3 heterocycles. The zero-order chi connectivity index (χ0) is 34.6. The topological polar surface area (TPSA) is 162 Å². The van der Waals surface area contributed by atoms with Crippen molar-refractivity contribution < 1.29 is 53.1 Å². The maximum atomic E-state index is 14.6. The van der Waals surface area contributed by atoms with Crippen molar-refractivity contribution in [2.24, 2.45) is 17.3 Å². The number of aliphatic hydroxyl groups is 2. The monoisotopic (exact) mass is 684 g/mol. The molecule has 3 saturated carbocycles. The normalized spacial score (nSPS) is 32.4. The first-order chi connectivity index (χ1) is 23.5. The van der Waals surface area contributed by atoms with E-state index in [1.54, 1.807) is 31.9 Å². The van der Waals surface area contributed by atoms with Gasteiger partial charge in [0.1, 0.15) is 42.0 Å². The second kappa shape index (κ2) is 13.2. The molecule has 6 aliphatic rings. The lowest BCUT2D eigenvalue weighted by molar-refractivity contribution is -0.235. The number of rotatable bonds is 14. The van der Waals surface area contributed by atoms with Gasteiger partial charge in [0.05, 0.1) is 32.1 Å². The van der Waals surface area contributed by atoms with Crippen LogP contribution >= 0.6 is 0 Å². The van der Waals surface area contributed by atoms with Crippen molar-refractivity contribution in [1.29, 1.82) is 0 Å². The van der Waals surface area contributed by atoms with Crippen molar-refractivity contribution in [3.05, 3.63) is 41.7 Å². The molecule has 0 unspecified atom stereocenters. The maximum Gasteiger partial charge on any atom is 0.327 e. The van der Waals surface area contributed by atoms with Crippen LogP contribution in [0.1, 0.15) is 76.8 Å². The molecular formula is C36H48N2O11. The number of benzene rings is 1. The predicted octanol–water partition coefficient (Wildman–Crippen LogP) is 2.37. The number of hydrogen-bond acceptors (Lipinski definition) is 12. The Bertz CT molecular complexity index is 1420. The Kier molecular flexibility index (Phi) is 9.29. The molecule has 7 rings (SSSR count). The molecule has 0 radical (unpaired) electrons. The van der Waals surface area contributed by atoms with E-state index in [4.69, 9.17) is 33.6 Å². The van der Waals surface area contributed by atoms with Gasteiger partial charge in [0.2, 0.25) is 5.91 Å². The minimum Gasteiger partial charge on any atom is -0.499 e. The van der Waals surface area contributed by atoms with E-state index in [9.17, 15) is 19.5 Å². The Morgan fingerprint density at radius 3 is 2.41 bits per heavy atom. The van der Waals surface area contributed by atoms with E-state index in [1.807, 2.05) is 24.3 Å². The Balaban J connectivity index is 1.16. The molecule has 3 saturated heterocycles. The molecule has 1 aromatic rings. The molecule has 3 aliphatic heterocycles. The summed E-state index contributed by atoms with van der Waals surface area (Å²) >= 11 is 0. The van der Waals surface area contributed by atoms with Crippen LogP contribution in [-0.2, 0) is 49.5 Å². The summed E-state index contributed by atoms with van der Waals surface area (Å²) in [6.45, 7) is 5.27. The van der Waals surface area contributed by atoms with E-state index in [0.717, 1.165) is 36.8 Å². The molecular weight excluding hydrogens is 636 g/mol. The van der Waals surface area contributed by atoms with E-state index in [0.29, 0.717) is 0 Å². The molecule has 13 heteroatoms. The van der Waals surface area contributed by atoms with Gasteiger partial charge in [-0.1, -0.05) is 24.3 Å². The summed E-state index contributed by atoms with van der Waals surface area (Å²) in [6, 6.07) is 5.78. The molecule has 2 bridgehead atoms. The van der Waals surface area contributed by atoms with Gasteiger partial charge in [0.25, 0.3) is 0 Å². The van der Waals surface area contributed by atoms with E-state index in [-0.39, 0.29) is 50.9 Å². The van der Waals surface area contributed by atoms with Crippen molar-refractivity contribution in [2.45, 2.75) is 120 Å². The van der Waals surface area contributed by atoms with Crippen LogP contribution in [0.5, 0.6) is 0 Å². The molecule has 6 fully saturated rings. The van der Waals surface area contributed by atoms with Gasteiger partial charge in [0.15, 0.2) is 11.8 Å². The van der Waals surface area contributed by atoms with Crippen LogP contribution in [0.3, 0.4) is 0 Å². The Morgan fingerprint density at radius 1 is 1.08 bits per heavy atom. The number of nitrogens with one attached hydrogen (secondary N) is 1. The predicted molar refractivity (Wildman–Crippen MR) is 172 cm³/mol. The first kappa shape index (κ1) is 34.4. The Labute approximate surface area is 286 Å². The molecule has 0 aromatic heterocycles. The highest BCUT2D eigenvalue weighted by Crippen LogP contribution is 2.63. The number of hydrogen-bond donors (Lipinski definition) is 3. The summed E-state index contributed by atoms with van der Waals surface area (Å²) in [4.78, 5) is 47.7. The number of carbonyl (C=O) groups excluding carboxylic acids is 3. The number of aliphatic hydroxyl groups excluding tert-OH is 2. The summed E-state index contributed by atoms with van der Waals surface area (Å²) < 4.78 is 30.4. The first-order valence-electron chi connectivity index (χ1n) is 17.6. The van der Waals surface area contributed by atoms with Crippen LogP contribution < -0.4 is 5.32 Å². The average Bonchev–Trinajstić information content (AvgIpc) is 4.00. The lowest BCUT2D eigenvalue weighted by Crippen LogP contribution is -2.70. The summed E-state index contributed by atoms with van der Waals surface area (Å²) in [5.41, 5.74) is -0.325. The first-order valence-corrected chi connectivity index (χ1v) is 17.6. The summed E-state index contributed by atoms with van der Waals surface area (Å²) in [6.07, 6.45) is 4.87. The number of amides is 1. The van der Waals surface area contributed by atoms with E-state index < -0.39 is 77.8 Å². The van der Waals surface area contributed by atoms with Gasteiger partial charge in [-0.2, -0.15) is 5.06 Å². The van der Waals surface area contributed by atoms with Crippen molar-refractivity contribution in [2.75, 3.05) is 19.8 Å². The highest BCUT2D eigenvalue weighted by molar-refractivity contribution is 5.93. The van der Waals surface area contributed by atoms with Crippen molar-refractivity contribution in [3.63, 3.8) is 0 Å². The smallest absolute Gasteiger partial charge is 0.327 e. The van der Waals surface area contributed by atoms with Gasteiger partial charge >= 0.3 is 11.9 Å². The molecule has 13 nitrogen and oxygen atoms in total. The number of hydroxylamine groups is 2. The molecule has 49 heavy (non-hydrogen) atoms. The fourth-order valence-electron chi connectivity index (χ4n) is 8.04. The lowest BCUT2D eigenvalue weighted by Gasteiger charge is -2.49. The molecule has 3 N–H and O–H groups in total. The van der Waals surface area contributed by atoms with Crippen LogP contribution in [0, 0.1) is 17.3 Å². The van der Waals surface area contributed by atoms with Gasteiger partial charge in [-0.05, 0) is 70.1 Å². The molecule has 3 aliphatic carbocycles. The van der Waals surface area contributed by atoms with Crippen molar-refractivity contribution >= 4 is 23.9 Å². The van der Waals surface area contributed by atoms with Gasteiger partial charge in [0, 0.05) is 24.7 Å². The zero-order valence-electron chi connectivity index (χ0n) is 28.4. The van der Waals surface area contributed by atoms with Gasteiger partial charge in [-0.3, -0.25) is 19.2 Å². The maximum absolute atomic E-state index is 14.6. The second-order valence-corrected chi connectivity index (χ2v) is 15.3. The van der Waals surface area contributed by atoms with Crippen LogP contribution in [-0.4, -0.2) is 101 Å². The van der Waals surface area contributed by atoms with Gasteiger partial charge in [-0.15, -0.1) is 0 Å². The van der Waals surface area contributed by atoms with E-state index in [2.05, 4.69) is 5.32 Å². The molecule has 1 amide bonds. The quantitative estimate of drug-likeness (QED) is 0.149. The minimum absolute atomic E-state index is 0.00160. The molecule has 1 aromatic carbocycles. The van der Waals surface area contributed by atoms with E-state index >= 15 is 0 Å². The van der Waals surface area contributed by atoms with Crippen LogP contribution in [0.15, 0.2) is 30.5 Å². The summed E-state index contributed by atoms with van der Waals surface area (Å²) in [7, 11) is 0. The SMILES string of the molecule is CC(C)(C)OC(=O)CC[C@@H](CO)NC(=O)[C@@]12C[C@H]3OC(=O)[C@@H]1N(Cc1ccc(C=COCCO)cc1)O[C@@H]2[C@H]1OC(C2CC2)(C2CC2)O[C@H]13. The number of ether oxygens (including phenoxy) is 5. The highest BCUT2D eigenvalue weighted by atomic mass is 16.8. The minimum atomic E-state index is -1.39. The Hall–Kier alpha value is -3.07. The molecule has 268 valence electrons. The zero-order valence-corrected chi connectivity index (χ0v) is 28.4. The van der Waals surface area contributed by atoms with Crippen LogP contribution in [0.4, 0.5) is 0 Å². The third-order valence-electron chi connectivity index (χ3n) is 10.5. The number of fused-ring (bicyclic) bond motifs is 4. The Morgan fingerprint density at radius 2 is 1.78 bits per heavy atom. The van der Waals surface area contributed by atoms with E-state index in [1.165, 1.54) is 6.26 Å². The molecule has 7 atom stereocenters. The average molecular weight is 685 g/mol. The number of nitrogens with zero attached hydrogens (tertiary/aromatic N) is 1. The van der Waals surface area contributed by atoms with Crippen molar-refractivity contribution in [1.82, 2.24) is 10.4 Å². The van der Waals surface area contributed by atoms with Crippen LogP contribution in [0.2, 0.25) is 0 Å². The largest absolute Gasteiger partial charge is 0.499 e. The summed E-state index contributed by atoms with van der Waals surface area (Å²) in [5, 5.41) is 23.7. The number of carbonyl (C=O) groups is 3. The summed E-state index contributed by atoms with van der Waals surface area (Å²) in [5.74, 6) is -1.70. The van der Waals surface area contributed by atoms with Gasteiger partial charge in [-0.25, -0.2) is 0 Å². The third kappa shape index (κ3) is 6.61. The second-order valence-electron chi connectivity index (χ2n) is 15.3. The standard InChI is InChI=1S/C36H48N2O11/c1-34(2,3)46-27(41)13-12-25(20-40)37-33(43)35-18-26-28-29(48-36(47-28,23-8-9-23)24-10-11-24)31(35)49-38(30(35)32(42)45-26)19-22-6-4-21(5-7-22)14-16-44-17-15-39/h4-7,14,16,23-26,28-31,39-40H,8-13,15,17-20H2,1-3H3,(H,37,43)/t25-,26+,28-,29-,30-,31+,35-/m0/s1. The fraction of sp³-hybridized carbons (Fsp3) is 0.694. The fourth-order valence-corrected chi connectivity index (χ4v) is 8.04.